The van der Waals surface area contributed by atoms with E-state index < -0.39 is 5.97 Å². The molecule has 2 N–H and O–H groups in total. The van der Waals surface area contributed by atoms with Crippen LogP contribution in [-0.2, 0) is 4.79 Å². The number of halogens is 2. The van der Waals surface area contributed by atoms with Crippen molar-refractivity contribution in [1.82, 2.24) is 0 Å². The fraction of sp³-hybridized carbons (Fsp3) is 0.176. The minimum atomic E-state index is -1.09. The van der Waals surface area contributed by atoms with Gasteiger partial charge in [-0.15, -0.1) is 0 Å². The van der Waals surface area contributed by atoms with Gasteiger partial charge in [0.2, 0.25) is 5.91 Å². The lowest BCUT2D eigenvalue weighted by molar-refractivity contribution is -0.115. The van der Waals surface area contributed by atoms with Crippen LogP contribution in [0.25, 0.3) is 0 Å². The third kappa shape index (κ3) is 4.40. The second kappa shape index (κ2) is 8.04. The monoisotopic (exact) mass is 366 g/mol. The molecule has 2 aromatic carbocycles. The van der Waals surface area contributed by atoms with Crippen molar-refractivity contribution in [3.8, 4) is 0 Å². The quantitative estimate of drug-likeness (QED) is 0.805. The highest BCUT2D eigenvalue weighted by Gasteiger charge is 2.15. The van der Waals surface area contributed by atoms with Crippen molar-refractivity contribution in [2.45, 2.75) is 6.92 Å². The van der Waals surface area contributed by atoms with Crippen LogP contribution in [0.1, 0.15) is 17.3 Å². The predicted molar refractivity (Wildman–Crippen MR) is 96.4 cm³/mol. The molecule has 2 rings (SSSR count). The van der Waals surface area contributed by atoms with Gasteiger partial charge in [-0.05, 0) is 37.3 Å². The van der Waals surface area contributed by atoms with Gasteiger partial charge in [0, 0.05) is 12.2 Å². The van der Waals surface area contributed by atoms with Crippen LogP contribution in [-0.4, -0.2) is 30.1 Å². The number of rotatable bonds is 6. The number of carboxylic acid groups (broad SMARTS) is 1. The highest BCUT2D eigenvalue weighted by atomic mass is 35.5. The predicted octanol–water partition coefficient (Wildman–Crippen LogP) is 4.16. The molecule has 0 aliphatic carbocycles. The van der Waals surface area contributed by atoms with Crippen LogP contribution >= 0.6 is 23.2 Å². The molecule has 0 aromatic heterocycles. The second-order valence-electron chi connectivity index (χ2n) is 5.01. The first-order valence-electron chi connectivity index (χ1n) is 7.24. The topological polar surface area (TPSA) is 69.6 Å². The second-order valence-corrected chi connectivity index (χ2v) is 5.83. The summed E-state index contributed by atoms with van der Waals surface area (Å²) in [6.45, 7) is 2.54. The first-order valence-corrected chi connectivity index (χ1v) is 8.00. The molecule has 5 nitrogen and oxygen atoms in total. The molecule has 1 amide bonds. The highest BCUT2D eigenvalue weighted by Crippen LogP contribution is 2.27. The van der Waals surface area contributed by atoms with Crippen LogP contribution in [0.4, 0.5) is 11.4 Å². The molecule has 126 valence electrons. The van der Waals surface area contributed by atoms with Gasteiger partial charge < -0.3 is 15.3 Å². The molecule has 2 aromatic rings. The van der Waals surface area contributed by atoms with Gasteiger partial charge in [0.25, 0.3) is 0 Å². The largest absolute Gasteiger partial charge is 0.478 e. The van der Waals surface area contributed by atoms with E-state index in [1.165, 1.54) is 6.07 Å². The van der Waals surface area contributed by atoms with E-state index in [0.29, 0.717) is 16.6 Å². The molecule has 0 unspecified atom stereocenters. The molecular weight excluding hydrogens is 351 g/mol. The Morgan fingerprint density at radius 2 is 1.83 bits per heavy atom. The van der Waals surface area contributed by atoms with E-state index in [1.54, 1.807) is 41.3 Å². The van der Waals surface area contributed by atoms with Gasteiger partial charge in [0.1, 0.15) is 0 Å². The van der Waals surface area contributed by atoms with Crippen molar-refractivity contribution in [1.29, 1.82) is 0 Å². The number of hydrogen-bond donors (Lipinski definition) is 2. The van der Waals surface area contributed by atoms with Gasteiger partial charge in [-0.1, -0.05) is 35.3 Å². The number of aromatic carboxylic acids is 1. The van der Waals surface area contributed by atoms with Gasteiger partial charge in [-0.2, -0.15) is 0 Å². The summed E-state index contributed by atoms with van der Waals surface area (Å²) >= 11 is 11.9. The average Bonchev–Trinajstić information content (AvgIpc) is 2.55. The molecule has 0 aliphatic heterocycles. The first-order chi connectivity index (χ1) is 11.4. The van der Waals surface area contributed by atoms with Gasteiger partial charge in [-0.25, -0.2) is 4.79 Å². The fourth-order valence-corrected chi connectivity index (χ4v) is 2.50. The van der Waals surface area contributed by atoms with Crippen LogP contribution in [0.2, 0.25) is 10.0 Å². The van der Waals surface area contributed by atoms with E-state index in [1.807, 2.05) is 6.92 Å². The molecule has 0 heterocycles. The van der Waals surface area contributed by atoms with E-state index in [-0.39, 0.29) is 23.7 Å². The standard InChI is InChI=1S/C17H16Cl2N2O3/c1-2-21(11-7-8-13(18)14(19)9-11)10-16(22)20-15-6-4-3-5-12(15)17(23)24/h3-9H,2,10H2,1H3,(H,20,22)(H,23,24). The van der Waals surface area contributed by atoms with Gasteiger partial charge in [0.15, 0.2) is 0 Å². The van der Waals surface area contributed by atoms with Crippen LogP contribution in [0.15, 0.2) is 42.5 Å². The Bertz CT molecular complexity index is 765. The van der Waals surface area contributed by atoms with Crippen molar-refractivity contribution < 1.29 is 14.7 Å². The molecular formula is C17H16Cl2N2O3. The summed E-state index contributed by atoms with van der Waals surface area (Å²) in [5.74, 6) is -1.42. The Morgan fingerprint density at radius 1 is 1.12 bits per heavy atom. The Hall–Kier alpha value is -2.24. The number of para-hydroxylation sites is 1. The van der Waals surface area contributed by atoms with Gasteiger partial charge in [-0.3, -0.25) is 4.79 Å². The van der Waals surface area contributed by atoms with Gasteiger partial charge in [0.05, 0.1) is 27.8 Å². The summed E-state index contributed by atoms with van der Waals surface area (Å²) in [5.41, 5.74) is 1.07. The summed E-state index contributed by atoms with van der Waals surface area (Å²) in [6, 6.07) is 11.4. The Labute approximate surface area is 149 Å². The van der Waals surface area contributed by atoms with Crippen LogP contribution in [0, 0.1) is 0 Å². The fourth-order valence-electron chi connectivity index (χ4n) is 2.21. The first kappa shape index (κ1) is 18.1. The van der Waals surface area contributed by atoms with Crippen LogP contribution in [0.5, 0.6) is 0 Å². The van der Waals surface area contributed by atoms with E-state index in [2.05, 4.69) is 5.32 Å². The summed E-state index contributed by atoms with van der Waals surface area (Å²) < 4.78 is 0. The molecule has 0 saturated heterocycles. The number of benzene rings is 2. The average molecular weight is 367 g/mol. The number of nitrogens with one attached hydrogen (secondary N) is 1. The number of carboxylic acids is 1. The Kier molecular flexibility index (Phi) is 6.06. The summed E-state index contributed by atoms with van der Waals surface area (Å²) in [4.78, 5) is 25.3. The Morgan fingerprint density at radius 3 is 2.46 bits per heavy atom. The minimum Gasteiger partial charge on any atom is -0.478 e. The number of carbonyl (C=O) groups is 2. The van der Waals surface area contributed by atoms with E-state index in [0.717, 1.165) is 5.69 Å². The third-order valence-electron chi connectivity index (χ3n) is 3.42. The smallest absolute Gasteiger partial charge is 0.337 e. The highest BCUT2D eigenvalue weighted by molar-refractivity contribution is 6.42. The zero-order valence-electron chi connectivity index (χ0n) is 12.9. The molecule has 0 spiro atoms. The Balaban J connectivity index is 2.13. The molecule has 0 bridgehead atoms. The summed E-state index contributed by atoms with van der Waals surface area (Å²) in [5, 5.41) is 12.6. The van der Waals surface area contributed by atoms with Crippen LogP contribution in [0.3, 0.4) is 0 Å². The van der Waals surface area contributed by atoms with Crippen molar-refractivity contribution in [2.24, 2.45) is 0 Å². The molecule has 0 saturated carbocycles. The molecule has 0 fully saturated rings. The third-order valence-corrected chi connectivity index (χ3v) is 4.16. The lowest BCUT2D eigenvalue weighted by atomic mass is 10.2. The molecule has 24 heavy (non-hydrogen) atoms. The zero-order valence-corrected chi connectivity index (χ0v) is 14.4. The van der Waals surface area contributed by atoms with E-state index in [9.17, 15) is 9.59 Å². The lowest BCUT2D eigenvalue weighted by Gasteiger charge is -2.23. The maximum atomic E-state index is 12.3. The number of carbonyl (C=O) groups excluding carboxylic acids is 1. The molecule has 0 radical (unpaired) electrons. The number of likely N-dealkylation sites (N-methyl/N-ethyl adjacent to an activating group) is 1. The van der Waals surface area contributed by atoms with Crippen molar-refractivity contribution in [3.05, 3.63) is 58.1 Å². The lowest BCUT2D eigenvalue weighted by Crippen LogP contribution is -2.33. The maximum absolute atomic E-state index is 12.3. The summed E-state index contributed by atoms with van der Waals surface area (Å²) in [6.07, 6.45) is 0. The minimum absolute atomic E-state index is 0.0448. The normalized spacial score (nSPS) is 10.3. The maximum Gasteiger partial charge on any atom is 0.337 e. The number of anilines is 2. The number of amides is 1. The van der Waals surface area contributed by atoms with Crippen molar-refractivity contribution in [2.75, 3.05) is 23.3 Å². The molecule has 0 atom stereocenters. The van der Waals surface area contributed by atoms with Crippen LogP contribution < -0.4 is 10.2 Å². The van der Waals surface area contributed by atoms with Gasteiger partial charge >= 0.3 is 5.97 Å². The SMILES string of the molecule is CCN(CC(=O)Nc1ccccc1C(=O)O)c1ccc(Cl)c(Cl)c1. The molecule has 0 aliphatic rings. The van der Waals surface area contributed by atoms with Crippen molar-refractivity contribution >= 4 is 46.5 Å². The number of nitrogens with zero attached hydrogens (tertiary/aromatic N) is 1. The van der Waals surface area contributed by atoms with Crippen molar-refractivity contribution in [3.63, 3.8) is 0 Å². The molecule has 7 heteroatoms. The zero-order chi connectivity index (χ0) is 17.7. The summed E-state index contributed by atoms with van der Waals surface area (Å²) in [7, 11) is 0. The van der Waals surface area contributed by atoms with E-state index in [4.69, 9.17) is 28.3 Å². The van der Waals surface area contributed by atoms with E-state index >= 15 is 0 Å². The number of hydrogen-bond acceptors (Lipinski definition) is 3.